The average molecular weight is 169 g/mol. The van der Waals surface area contributed by atoms with Gasteiger partial charge in [0.2, 0.25) is 0 Å². The third kappa shape index (κ3) is 398. The van der Waals surface area contributed by atoms with Gasteiger partial charge in [0.1, 0.15) is 0 Å². The van der Waals surface area contributed by atoms with Crippen LogP contribution < -0.4 is 5.73 Å². The van der Waals surface area contributed by atoms with E-state index in [1.165, 1.54) is 0 Å². The van der Waals surface area contributed by atoms with E-state index in [-0.39, 0.29) is 0 Å². The van der Waals surface area contributed by atoms with Crippen LogP contribution in [0.1, 0.15) is 34.6 Å². The zero-order valence-electron chi connectivity index (χ0n) is 9.09. The second kappa shape index (κ2) is 12.9. The molecule has 0 radical (unpaired) electrons. The fourth-order valence-electron chi connectivity index (χ4n) is 0.136. The van der Waals surface area contributed by atoms with Crippen molar-refractivity contribution in [2.45, 2.75) is 34.6 Å². The van der Waals surface area contributed by atoms with Crippen molar-refractivity contribution >= 4 is 0 Å². The van der Waals surface area contributed by atoms with Crippen LogP contribution in [0.2, 0.25) is 0 Å². The molecule has 0 saturated carbocycles. The molecule has 1 nitrogen and oxygen atoms in total. The first kappa shape index (κ1) is 17.4. The summed E-state index contributed by atoms with van der Waals surface area (Å²) >= 11 is 0. The largest absolute Gasteiger partial charge is 0.327 e. The standard InChI is InChI=1S/C5H12.C4H9N.C2H2/c1-5(2,3)4;1-2-3-4-5;1-2/h1-4H3;2-3H,4-5H2,1H3;1-2H/b;3-2+;. The van der Waals surface area contributed by atoms with Crippen molar-refractivity contribution in [1.82, 2.24) is 0 Å². The molecule has 0 fully saturated rings. The predicted molar refractivity (Wildman–Crippen MR) is 58.9 cm³/mol. The van der Waals surface area contributed by atoms with Crippen molar-refractivity contribution < 1.29 is 0 Å². The molecule has 2 N–H and O–H groups in total. The molecule has 0 amide bonds. The predicted octanol–water partition coefficient (Wildman–Crippen LogP) is 2.82. The Labute approximate surface area is 78.0 Å². The van der Waals surface area contributed by atoms with Crippen LogP contribution in [0.3, 0.4) is 0 Å². The molecule has 0 aliphatic carbocycles. The Hall–Kier alpha value is -0.740. The molecule has 1 heteroatoms. The van der Waals surface area contributed by atoms with Crippen LogP contribution in [0.25, 0.3) is 0 Å². The molecule has 0 heterocycles. The Bertz CT molecular complexity index is 97.9. The molecule has 0 aromatic carbocycles. The van der Waals surface area contributed by atoms with Crippen molar-refractivity contribution in [3.63, 3.8) is 0 Å². The topological polar surface area (TPSA) is 26.0 Å². The van der Waals surface area contributed by atoms with Crippen LogP contribution in [-0.4, -0.2) is 6.54 Å². The summed E-state index contributed by atoms with van der Waals surface area (Å²) in [4.78, 5) is 0. The van der Waals surface area contributed by atoms with Gasteiger partial charge in [-0.25, -0.2) is 0 Å². The van der Waals surface area contributed by atoms with Crippen molar-refractivity contribution in [1.29, 1.82) is 0 Å². The molecule has 0 atom stereocenters. The lowest BCUT2D eigenvalue weighted by Gasteiger charge is -2.05. The van der Waals surface area contributed by atoms with Crippen LogP contribution >= 0.6 is 0 Å². The van der Waals surface area contributed by atoms with E-state index in [4.69, 9.17) is 5.73 Å². The van der Waals surface area contributed by atoms with E-state index in [0.29, 0.717) is 12.0 Å². The highest BCUT2D eigenvalue weighted by atomic mass is 14.5. The average Bonchev–Trinajstić information content (AvgIpc) is 1.90. The minimum atomic E-state index is 0.500. The van der Waals surface area contributed by atoms with E-state index in [0.717, 1.165) is 0 Å². The lowest BCUT2D eigenvalue weighted by molar-refractivity contribution is 0.469. The lowest BCUT2D eigenvalue weighted by Crippen LogP contribution is -1.93. The summed E-state index contributed by atoms with van der Waals surface area (Å²) in [6.45, 7) is 11.4. The smallest absolute Gasteiger partial charge is 0.0106 e. The molecule has 12 heavy (non-hydrogen) atoms. The molecule has 72 valence electrons. The molecule has 0 bridgehead atoms. The highest BCUT2D eigenvalue weighted by Crippen LogP contribution is 2.07. The maximum atomic E-state index is 5.05. The summed E-state index contributed by atoms with van der Waals surface area (Å²) in [6, 6.07) is 0. The maximum Gasteiger partial charge on any atom is 0.0106 e. The SMILES string of the molecule is C#C.C/C=C/CN.CC(C)(C)C. The maximum absolute atomic E-state index is 5.05. The zero-order valence-corrected chi connectivity index (χ0v) is 9.09. The first-order valence-electron chi connectivity index (χ1n) is 4.06. The summed E-state index contributed by atoms with van der Waals surface area (Å²) in [5.41, 5.74) is 5.55. The molecular weight excluding hydrogens is 146 g/mol. The van der Waals surface area contributed by atoms with Gasteiger partial charge in [0.25, 0.3) is 0 Å². The molecule has 0 aromatic heterocycles. The van der Waals surface area contributed by atoms with Crippen molar-refractivity contribution in [3.05, 3.63) is 12.2 Å². The van der Waals surface area contributed by atoms with E-state index in [2.05, 4.69) is 40.5 Å². The van der Waals surface area contributed by atoms with E-state index < -0.39 is 0 Å². The number of hydrogen-bond donors (Lipinski definition) is 1. The molecule has 0 aliphatic rings. The number of nitrogens with two attached hydrogens (primary N) is 1. The van der Waals surface area contributed by atoms with Crippen LogP contribution in [0.15, 0.2) is 12.2 Å². The van der Waals surface area contributed by atoms with Gasteiger partial charge >= 0.3 is 0 Å². The first-order valence-corrected chi connectivity index (χ1v) is 4.06. The number of hydrogen-bond acceptors (Lipinski definition) is 1. The van der Waals surface area contributed by atoms with Gasteiger partial charge in [-0.2, -0.15) is 0 Å². The van der Waals surface area contributed by atoms with E-state index in [9.17, 15) is 0 Å². The molecular formula is C11H23N. The Balaban J connectivity index is -0.000000112. The summed E-state index contributed by atoms with van der Waals surface area (Å²) < 4.78 is 0. The Morgan fingerprint density at radius 1 is 1.17 bits per heavy atom. The molecule has 0 saturated heterocycles. The van der Waals surface area contributed by atoms with Crippen molar-refractivity contribution in [2.75, 3.05) is 6.54 Å². The van der Waals surface area contributed by atoms with Gasteiger partial charge in [0.05, 0.1) is 0 Å². The molecule has 0 rings (SSSR count). The van der Waals surface area contributed by atoms with Gasteiger partial charge in [-0.1, -0.05) is 39.8 Å². The van der Waals surface area contributed by atoms with Gasteiger partial charge in [-0.15, -0.1) is 12.8 Å². The monoisotopic (exact) mass is 169 g/mol. The van der Waals surface area contributed by atoms with Crippen molar-refractivity contribution in [3.8, 4) is 12.8 Å². The highest BCUT2D eigenvalue weighted by molar-refractivity contribution is 4.76. The minimum Gasteiger partial charge on any atom is -0.327 e. The van der Waals surface area contributed by atoms with Crippen LogP contribution in [-0.2, 0) is 0 Å². The summed E-state index contributed by atoms with van der Waals surface area (Å²) in [5, 5.41) is 0. The van der Waals surface area contributed by atoms with Gasteiger partial charge < -0.3 is 5.73 Å². The highest BCUT2D eigenvalue weighted by Gasteiger charge is 1.95. The normalized spacial score (nSPS) is 9.33. The summed E-state index contributed by atoms with van der Waals surface area (Å²) in [5.74, 6) is 0. The van der Waals surface area contributed by atoms with Crippen LogP contribution in [0.4, 0.5) is 0 Å². The summed E-state index contributed by atoms with van der Waals surface area (Å²) in [6.07, 6.45) is 11.8. The Morgan fingerprint density at radius 2 is 1.42 bits per heavy atom. The zero-order chi connectivity index (χ0) is 10.6. The third-order valence-electron chi connectivity index (χ3n) is 0.372. The third-order valence-corrected chi connectivity index (χ3v) is 0.372. The quantitative estimate of drug-likeness (QED) is 0.474. The van der Waals surface area contributed by atoms with Crippen molar-refractivity contribution in [2.24, 2.45) is 11.1 Å². The molecule has 0 spiro atoms. The lowest BCUT2D eigenvalue weighted by atomic mass is 10.0. The van der Waals surface area contributed by atoms with E-state index >= 15 is 0 Å². The molecule has 0 aromatic rings. The number of rotatable bonds is 1. The summed E-state index contributed by atoms with van der Waals surface area (Å²) in [7, 11) is 0. The fraction of sp³-hybridized carbons (Fsp3) is 0.636. The van der Waals surface area contributed by atoms with Crippen LogP contribution in [0.5, 0.6) is 0 Å². The Kier molecular flexibility index (Phi) is 18.7. The van der Waals surface area contributed by atoms with E-state index in [1.807, 2.05) is 19.1 Å². The number of terminal acetylenes is 1. The minimum absolute atomic E-state index is 0.500. The number of allylic oxidation sites excluding steroid dienone is 1. The fourth-order valence-corrected chi connectivity index (χ4v) is 0.136. The first-order chi connectivity index (χ1) is 5.41. The van der Waals surface area contributed by atoms with Gasteiger partial charge in [0, 0.05) is 6.54 Å². The van der Waals surface area contributed by atoms with Gasteiger partial charge in [-0.3, -0.25) is 0 Å². The second-order valence-corrected chi connectivity index (χ2v) is 3.80. The van der Waals surface area contributed by atoms with Gasteiger partial charge in [0.15, 0.2) is 0 Å². The molecule has 0 unspecified atom stereocenters. The van der Waals surface area contributed by atoms with Gasteiger partial charge in [-0.05, 0) is 12.3 Å². The Morgan fingerprint density at radius 3 is 1.42 bits per heavy atom. The van der Waals surface area contributed by atoms with E-state index in [1.54, 1.807) is 0 Å². The molecule has 0 aliphatic heterocycles. The van der Waals surface area contributed by atoms with Crippen LogP contribution in [0, 0.1) is 18.3 Å². The second-order valence-electron chi connectivity index (χ2n) is 3.80.